The first-order valence-corrected chi connectivity index (χ1v) is 14.0. The van der Waals surface area contributed by atoms with Crippen molar-refractivity contribution in [3.05, 3.63) is 69.2 Å². The SMILES string of the molecule is C[C@@H]1CN(c2cc(F)c(C3(C4CC(F)(F)C4)C=CCN3C(=O)O)c(F)c2NC(=O)c2c[nH]c(=O)cc2C(F)(F)F)C[C@H](C)N1C. The maximum atomic E-state index is 16.9. The van der Waals surface area contributed by atoms with Gasteiger partial charge in [-0.15, -0.1) is 0 Å². The number of anilines is 2. The zero-order chi connectivity index (χ0) is 33.2. The number of hydrogen-bond acceptors (Lipinski definition) is 5. The van der Waals surface area contributed by atoms with Gasteiger partial charge in [-0.1, -0.05) is 12.2 Å². The Morgan fingerprint density at radius 3 is 2.27 bits per heavy atom. The number of halogens is 7. The summed E-state index contributed by atoms with van der Waals surface area (Å²) in [5, 5.41) is 12.1. The number of benzene rings is 1. The normalized spacial score (nSPS) is 25.4. The summed E-state index contributed by atoms with van der Waals surface area (Å²) < 4.78 is 103. The minimum atomic E-state index is -5.16. The fourth-order valence-corrected chi connectivity index (χ4v) is 6.58. The van der Waals surface area contributed by atoms with Crippen molar-refractivity contribution in [2.45, 2.75) is 56.4 Å². The van der Waals surface area contributed by atoms with Crippen LogP contribution >= 0.6 is 0 Å². The van der Waals surface area contributed by atoms with Crippen molar-refractivity contribution in [1.82, 2.24) is 14.8 Å². The van der Waals surface area contributed by atoms with Gasteiger partial charge in [0.2, 0.25) is 11.5 Å². The second kappa shape index (κ2) is 11.1. The van der Waals surface area contributed by atoms with Crippen molar-refractivity contribution < 1.29 is 45.4 Å². The van der Waals surface area contributed by atoms with Crippen LogP contribution in [0.15, 0.2) is 35.3 Å². The fraction of sp³-hybridized carbons (Fsp3) is 0.483. The van der Waals surface area contributed by atoms with Gasteiger partial charge in [0.1, 0.15) is 11.5 Å². The van der Waals surface area contributed by atoms with Gasteiger partial charge >= 0.3 is 12.3 Å². The minimum Gasteiger partial charge on any atom is -0.465 e. The van der Waals surface area contributed by atoms with Crippen molar-refractivity contribution in [3.8, 4) is 0 Å². The van der Waals surface area contributed by atoms with Gasteiger partial charge in [-0.25, -0.2) is 22.4 Å². The van der Waals surface area contributed by atoms with Gasteiger partial charge in [0, 0.05) is 62.7 Å². The highest BCUT2D eigenvalue weighted by atomic mass is 19.4. The second-order valence-corrected chi connectivity index (χ2v) is 11.9. The van der Waals surface area contributed by atoms with E-state index in [9.17, 15) is 41.4 Å². The van der Waals surface area contributed by atoms with Crippen LogP contribution in [0.5, 0.6) is 0 Å². The molecule has 2 amide bonds. The lowest BCUT2D eigenvalue weighted by atomic mass is 9.65. The smallest absolute Gasteiger partial charge is 0.417 e. The number of amides is 2. The van der Waals surface area contributed by atoms with Crippen molar-refractivity contribution in [2.75, 3.05) is 36.9 Å². The molecule has 2 aliphatic heterocycles. The molecule has 1 saturated carbocycles. The van der Waals surface area contributed by atoms with E-state index < -0.39 is 88.0 Å². The molecule has 16 heteroatoms. The van der Waals surface area contributed by atoms with Crippen molar-refractivity contribution in [2.24, 2.45) is 5.92 Å². The van der Waals surface area contributed by atoms with Gasteiger partial charge in [-0.3, -0.25) is 19.4 Å². The monoisotopic (exact) mass is 645 g/mol. The number of likely N-dealkylation sites (N-methyl/N-ethyl adjacent to an activating group) is 1. The number of nitrogens with one attached hydrogen (secondary N) is 2. The number of pyridine rings is 1. The first-order chi connectivity index (χ1) is 20.9. The molecule has 0 spiro atoms. The third-order valence-corrected chi connectivity index (χ3v) is 9.06. The van der Waals surface area contributed by atoms with E-state index in [0.29, 0.717) is 11.1 Å². The molecule has 244 valence electrons. The summed E-state index contributed by atoms with van der Waals surface area (Å²) in [7, 11) is 1.83. The molecule has 1 aliphatic carbocycles. The van der Waals surface area contributed by atoms with E-state index in [0.717, 1.165) is 12.1 Å². The van der Waals surface area contributed by atoms with E-state index in [4.69, 9.17) is 0 Å². The number of carboxylic acid groups (broad SMARTS) is 1. The third-order valence-electron chi connectivity index (χ3n) is 9.06. The van der Waals surface area contributed by atoms with Crippen molar-refractivity contribution in [1.29, 1.82) is 0 Å². The van der Waals surface area contributed by atoms with E-state index in [1.807, 2.05) is 30.8 Å². The molecule has 3 aliphatic rings. The Bertz CT molecular complexity index is 1610. The molecule has 0 radical (unpaired) electrons. The number of aromatic nitrogens is 1. The van der Waals surface area contributed by atoms with Crippen LogP contribution in [-0.4, -0.2) is 76.6 Å². The van der Waals surface area contributed by atoms with E-state index in [2.05, 4.69) is 5.32 Å². The highest BCUT2D eigenvalue weighted by molar-refractivity contribution is 6.07. The first-order valence-electron chi connectivity index (χ1n) is 14.0. The van der Waals surface area contributed by atoms with Gasteiger partial charge in [-0.05, 0) is 27.0 Å². The second-order valence-electron chi connectivity index (χ2n) is 11.9. The van der Waals surface area contributed by atoms with Crippen LogP contribution in [0.1, 0.15) is 48.2 Å². The summed E-state index contributed by atoms with van der Waals surface area (Å²) in [6.07, 6.45) is -5.66. The highest BCUT2D eigenvalue weighted by Crippen LogP contribution is 2.57. The molecule has 0 bridgehead atoms. The van der Waals surface area contributed by atoms with Crippen LogP contribution in [-0.2, 0) is 11.7 Å². The summed E-state index contributed by atoms with van der Waals surface area (Å²) in [5.41, 5.74) is -8.03. The Balaban J connectivity index is 1.72. The number of H-pyrrole nitrogens is 1. The van der Waals surface area contributed by atoms with Crippen molar-refractivity contribution >= 4 is 23.4 Å². The molecule has 45 heavy (non-hydrogen) atoms. The van der Waals surface area contributed by atoms with E-state index >= 15 is 8.78 Å². The van der Waals surface area contributed by atoms with E-state index in [1.165, 1.54) is 11.0 Å². The Hall–Kier alpha value is -4.08. The van der Waals surface area contributed by atoms with Gasteiger partial charge in [-0.2, -0.15) is 13.2 Å². The van der Waals surface area contributed by atoms with Crippen LogP contribution in [0.4, 0.5) is 46.9 Å². The number of piperazine rings is 1. The van der Waals surface area contributed by atoms with Gasteiger partial charge in [0.15, 0.2) is 5.82 Å². The molecule has 3 atom stereocenters. The largest absolute Gasteiger partial charge is 0.465 e. The topological polar surface area (TPSA) is 109 Å². The van der Waals surface area contributed by atoms with Crippen molar-refractivity contribution in [3.63, 3.8) is 0 Å². The summed E-state index contributed by atoms with van der Waals surface area (Å²) in [4.78, 5) is 43.4. The lowest BCUT2D eigenvalue weighted by Gasteiger charge is -2.50. The van der Waals surface area contributed by atoms with E-state index in [1.54, 1.807) is 0 Å². The Morgan fingerprint density at radius 2 is 1.71 bits per heavy atom. The Kier molecular flexibility index (Phi) is 7.95. The molecule has 2 fully saturated rings. The van der Waals surface area contributed by atoms with Gasteiger partial charge in [0.25, 0.3) is 5.91 Å². The maximum Gasteiger partial charge on any atom is 0.417 e. The summed E-state index contributed by atoms with van der Waals surface area (Å²) in [6.45, 7) is 3.64. The average Bonchev–Trinajstić information content (AvgIpc) is 3.36. The van der Waals surface area contributed by atoms with Crippen LogP contribution in [0.25, 0.3) is 0 Å². The van der Waals surface area contributed by atoms with Crippen LogP contribution < -0.4 is 15.8 Å². The predicted octanol–water partition coefficient (Wildman–Crippen LogP) is 5.24. The molecular formula is C29H30F7N5O4. The predicted molar refractivity (Wildman–Crippen MR) is 148 cm³/mol. The summed E-state index contributed by atoms with van der Waals surface area (Å²) >= 11 is 0. The van der Waals surface area contributed by atoms with Crippen LogP contribution in [0.2, 0.25) is 0 Å². The molecule has 3 heterocycles. The number of carbonyl (C=O) groups is 2. The molecule has 5 rings (SSSR count). The summed E-state index contributed by atoms with van der Waals surface area (Å²) in [5.74, 6) is -8.79. The molecule has 1 aromatic carbocycles. The Morgan fingerprint density at radius 1 is 1.09 bits per heavy atom. The quantitative estimate of drug-likeness (QED) is 0.303. The highest BCUT2D eigenvalue weighted by Gasteiger charge is 2.61. The molecule has 2 aromatic rings. The number of aromatic amines is 1. The van der Waals surface area contributed by atoms with Gasteiger partial charge < -0.3 is 20.3 Å². The fourth-order valence-electron chi connectivity index (χ4n) is 6.58. The zero-order valence-corrected chi connectivity index (χ0v) is 24.3. The first kappa shape index (κ1) is 32.3. The zero-order valence-electron chi connectivity index (χ0n) is 24.3. The number of carbonyl (C=O) groups excluding carboxylic acids is 1. The molecule has 1 saturated heterocycles. The number of rotatable bonds is 5. The minimum absolute atomic E-state index is 0.159. The van der Waals surface area contributed by atoms with Crippen LogP contribution in [0.3, 0.4) is 0 Å². The van der Waals surface area contributed by atoms with Crippen LogP contribution in [0, 0.1) is 17.6 Å². The standard InChI is InChI=1S/C29H30F7N5O4/c1-14-12-40(13-15(2)39(14)3)20-8-19(30)22(28(16-9-27(32,33)10-16)5-4-6-41(28)26(44)45)23(31)24(20)38-25(43)17-11-37-21(42)7-18(17)29(34,35)36/h4-5,7-8,11,14-16H,6,9-10,12-13H2,1-3H3,(H,37,42)(H,38,43)(H,44,45)/t14-,15+,28?. The number of hydrogen-bond donors (Lipinski definition) is 3. The summed E-state index contributed by atoms with van der Waals surface area (Å²) in [6, 6.07) is 0.637. The molecule has 9 nitrogen and oxygen atoms in total. The van der Waals surface area contributed by atoms with E-state index in [-0.39, 0.29) is 43.5 Å². The maximum absolute atomic E-state index is 16.9. The molecule has 3 N–H and O–H groups in total. The molecular weight excluding hydrogens is 615 g/mol. The lowest BCUT2D eigenvalue weighted by molar-refractivity contribution is -0.143. The number of nitrogens with zero attached hydrogens (tertiary/aromatic N) is 3. The lowest BCUT2D eigenvalue weighted by Crippen LogP contribution is -2.57. The third kappa shape index (κ3) is 5.53. The average molecular weight is 646 g/mol. The number of alkyl halides is 5. The van der Waals surface area contributed by atoms with Gasteiger partial charge in [0.05, 0.1) is 27.9 Å². The molecule has 1 aromatic heterocycles. The Labute approximate surface area is 252 Å². The molecule has 1 unspecified atom stereocenters.